The van der Waals surface area contributed by atoms with Crippen molar-refractivity contribution in [3.63, 3.8) is 0 Å². The van der Waals surface area contributed by atoms with Crippen LogP contribution >= 0.6 is 45.2 Å². The number of rotatable bonds is 39. The average molecular weight is 1570 g/mol. The zero-order chi connectivity index (χ0) is 72.1. The number of carbonyl (C=O) groups is 10. The molecule has 2 aromatic carbocycles. The summed E-state index contributed by atoms with van der Waals surface area (Å²) in [5.74, 6) is -6.63. The van der Waals surface area contributed by atoms with Crippen LogP contribution in [0.25, 0.3) is 0 Å². The molecule has 0 spiro atoms. The Bertz CT molecular complexity index is 2560. The zero-order valence-corrected chi connectivity index (χ0v) is 64.1. The van der Waals surface area contributed by atoms with Crippen molar-refractivity contribution < 1.29 is 87.2 Å². The van der Waals surface area contributed by atoms with Gasteiger partial charge in [0.25, 0.3) is 0 Å². The first-order valence-corrected chi connectivity index (χ1v) is 41.4. The topological polar surface area (TPSA) is 308 Å². The molecule has 0 aliphatic carbocycles. The van der Waals surface area contributed by atoms with Crippen LogP contribution in [0.4, 0.5) is 4.39 Å². The number of alkyl halides is 1. The molecule has 3 amide bonds. The summed E-state index contributed by atoms with van der Waals surface area (Å²) in [5, 5.41) is 16.7. The number of hydrogen-bond acceptors (Lipinski definition) is 17. The molecule has 2 rings (SSSR count). The lowest BCUT2D eigenvalue weighted by atomic mass is 9.97. The van der Waals surface area contributed by atoms with E-state index in [1.54, 1.807) is 41.5 Å². The minimum absolute atomic E-state index is 0.0251. The lowest BCUT2D eigenvalue weighted by Crippen LogP contribution is -2.45. The number of benzene rings is 2. The van der Waals surface area contributed by atoms with E-state index in [0.29, 0.717) is 64.6 Å². The summed E-state index contributed by atoms with van der Waals surface area (Å²) in [6.07, 6.45) is 6.66. The van der Waals surface area contributed by atoms with E-state index in [4.69, 9.17) is 40.6 Å². The van der Waals surface area contributed by atoms with Crippen molar-refractivity contribution in [1.82, 2.24) is 16.0 Å². The molecule has 0 saturated carbocycles. The number of unbranched alkanes of at least 4 members (excludes halogenated alkanes) is 2. The van der Waals surface area contributed by atoms with Crippen molar-refractivity contribution in [1.29, 1.82) is 0 Å². The fourth-order valence-electron chi connectivity index (χ4n) is 8.33. The predicted octanol–water partition coefficient (Wildman–Crippen LogP) is 11.6. The SMILES string of the molecule is COC(=O)[C@H](CCCCN)NC(=O)[C@H](CCC(=O)OC(C)(C)C)CC(=O)OCC[Si](C)(C)C.COC(=O)[C@H](CCCCNC(=O)CCCc1ccc(I)cc1)NC(=O)[C@H](CCC(=O)OC(C)(C)C)CC(=O)OCC[Si](C)(C)C.O=C(O)CCCc1ccc(I)cc1.[2H]CF. The van der Waals surface area contributed by atoms with Gasteiger partial charge in [0, 0.05) is 67.4 Å². The molecule has 2 aromatic rings. The maximum atomic E-state index is 13.3. The van der Waals surface area contributed by atoms with Crippen LogP contribution in [0.1, 0.15) is 157 Å². The van der Waals surface area contributed by atoms with Crippen LogP contribution in [0, 0.1) is 19.0 Å². The molecule has 0 aliphatic rings. The van der Waals surface area contributed by atoms with E-state index in [1.807, 2.05) is 24.3 Å². The number of methoxy groups -OCH3 is 2. The van der Waals surface area contributed by atoms with Gasteiger partial charge in [0.15, 0.2) is 0 Å². The smallest absolute Gasteiger partial charge is 0.328 e. The highest BCUT2D eigenvalue weighted by atomic mass is 127. The molecule has 0 saturated heterocycles. The van der Waals surface area contributed by atoms with E-state index >= 15 is 0 Å². The minimum Gasteiger partial charge on any atom is -0.481 e. The van der Waals surface area contributed by atoms with Crippen LogP contribution in [0.3, 0.4) is 0 Å². The van der Waals surface area contributed by atoms with Crippen LogP contribution in [0.5, 0.6) is 0 Å². The summed E-state index contributed by atoms with van der Waals surface area (Å²) < 4.78 is 49.0. The maximum absolute atomic E-state index is 13.3. The maximum Gasteiger partial charge on any atom is 0.328 e. The third-order valence-corrected chi connectivity index (χ3v) is 18.2. The molecule has 0 fully saturated rings. The number of nitrogens with one attached hydrogen (secondary N) is 3. The van der Waals surface area contributed by atoms with Crippen molar-refractivity contribution in [2.24, 2.45) is 17.6 Å². The van der Waals surface area contributed by atoms with Gasteiger partial charge in [-0.2, -0.15) is 0 Å². The normalized spacial score (nSPS) is 12.6. The number of carboxylic acids is 1. The van der Waals surface area contributed by atoms with E-state index in [-0.39, 0.29) is 57.5 Å². The Kier molecular flexibility index (Phi) is 46.7. The minimum atomic E-state index is -1.42. The van der Waals surface area contributed by atoms with Gasteiger partial charge in [-0.1, -0.05) is 63.5 Å². The molecule has 0 heterocycles. The van der Waals surface area contributed by atoms with Gasteiger partial charge < -0.3 is 55.2 Å². The van der Waals surface area contributed by atoms with Crippen LogP contribution in [-0.4, -0.2) is 152 Å². The fraction of sp³-hybridized carbons (Fsp3) is 0.672. The summed E-state index contributed by atoms with van der Waals surface area (Å²) in [6, 6.07) is 16.2. The largest absolute Gasteiger partial charge is 0.481 e. The molecule has 0 aromatic heterocycles. The number of carbonyl (C=O) groups excluding carboxylic acids is 9. The average Bonchev–Trinajstić information content (AvgIpc) is 0.978. The zero-order valence-electron chi connectivity index (χ0n) is 58.8. The van der Waals surface area contributed by atoms with E-state index in [2.05, 4.69) is 125 Å². The van der Waals surface area contributed by atoms with Crippen molar-refractivity contribution in [3.05, 3.63) is 66.8 Å². The highest BCUT2D eigenvalue weighted by molar-refractivity contribution is 14.1. The number of aryl methyl sites for hydroxylation is 2. The van der Waals surface area contributed by atoms with Gasteiger partial charge in [-0.25, -0.2) is 9.59 Å². The summed E-state index contributed by atoms with van der Waals surface area (Å²) in [7, 11) is -1.29. The summed E-state index contributed by atoms with van der Waals surface area (Å²) >= 11 is 4.51. The van der Waals surface area contributed by atoms with Crippen molar-refractivity contribution in [2.75, 3.05) is 47.7 Å². The van der Waals surface area contributed by atoms with Gasteiger partial charge in [-0.05, 0) is 218 Å². The second-order valence-electron chi connectivity index (χ2n) is 26.8. The Labute approximate surface area is 584 Å². The van der Waals surface area contributed by atoms with Crippen molar-refractivity contribution >= 4 is 121 Å². The molecular formula is C67H111FI2N4O17Si2. The molecule has 0 unspecified atom stereocenters. The lowest BCUT2D eigenvalue weighted by molar-refractivity contribution is -0.157. The highest BCUT2D eigenvalue weighted by Crippen LogP contribution is 2.21. The molecule has 0 radical (unpaired) electrons. The predicted molar refractivity (Wildman–Crippen MR) is 381 cm³/mol. The third-order valence-electron chi connectivity index (χ3n) is 13.4. The van der Waals surface area contributed by atoms with Crippen LogP contribution in [-0.2, 0) is 89.2 Å². The molecule has 93 heavy (non-hydrogen) atoms. The third kappa shape index (κ3) is 51.9. The Morgan fingerprint density at radius 1 is 0.559 bits per heavy atom. The first kappa shape index (κ1) is 87.9. The Morgan fingerprint density at radius 2 is 0.925 bits per heavy atom. The summed E-state index contributed by atoms with van der Waals surface area (Å²) in [6.45, 7) is 25.1. The van der Waals surface area contributed by atoms with E-state index in [0.717, 1.165) is 37.8 Å². The molecule has 0 bridgehead atoms. The van der Waals surface area contributed by atoms with Gasteiger partial charge in [0.05, 0.1) is 48.8 Å². The van der Waals surface area contributed by atoms with Crippen molar-refractivity contribution in [3.8, 4) is 0 Å². The van der Waals surface area contributed by atoms with Gasteiger partial charge in [-0.3, -0.25) is 42.7 Å². The number of amides is 3. The quantitative estimate of drug-likeness (QED) is 0.0137. The number of halogens is 3. The van der Waals surface area contributed by atoms with E-state index < -0.39 is 112 Å². The number of hydrogen-bond donors (Lipinski definition) is 5. The molecule has 530 valence electrons. The molecule has 21 nitrogen and oxygen atoms in total. The summed E-state index contributed by atoms with van der Waals surface area (Å²) in [5.41, 5.74) is 6.59. The van der Waals surface area contributed by atoms with Crippen molar-refractivity contribution in [2.45, 2.75) is 232 Å². The van der Waals surface area contributed by atoms with Gasteiger partial charge >= 0.3 is 41.8 Å². The van der Waals surface area contributed by atoms with E-state index in [9.17, 15) is 52.3 Å². The molecular weight excluding hydrogens is 1460 g/mol. The highest BCUT2D eigenvalue weighted by Gasteiger charge is 2.32. The Balaban J connectivity index is 0. The number of esters is 6. The number of ether oxygens (including phenoxy) is 6. The second kappa shape index (κ2) is 49.4. The van der Waals surface area contributed by atoms with Crippen LogP contribution in [0.2, 0.25) is 51.4 Å². The van der Waals surface area contributed by atoms with Crippen LogP contribution in [0.15, 0.2) is 48.5 Å². The molecule has 6 N–H and O–H groups in total. The van der Waals surface area contributed by atoms with Gasteiger partial charge in [0.2, 0.25) is 17.7 Å². The molecule has 0 aliphatic heterocycles. The second-order valence-corrected chi connectivity index (χ2v) is 40.5. The first-order valence-electron chi connectivity index (χ1n) is 32.5. The summed E-state index contributed by atoms with van der Waals surface area (Å²) in [4.78, 5) is 123. The Hall–Kier alpha value is -5.08. The lowest BCUT2D eigenvalue weighted by Gasteiger charge is -2.23. The Morgan fingerprint density at radius 3 is 1.26 bits per heavy atom. The number of aliphatic carboxylic acids is 1. The van der Waals surface area contributed by atoms with Crippen LogP contribution < -0.4 is 21.7 Å². The number of nitrogens with two attached hydrogens (primary N) is 1. The monoisotopic (exact) mass is 1570 g/mol. The van der Waals surface area contributed by atoms with Gasteiger partial charge in [0.1, 0.15) is 23.3 Å². The number of carboxylic acid groups (broad SMARTS) is 1. The molecule has 4 atom stereocenters. The van der Waals surface area contributed by atoms with Gasteiger partial charge in [-0.15, -0.1) is 0 Å². The fourth-order valence-corrected chi connectivity index (χ4v) is 10.5. The molecule has 26 heteroatoms. The first-order chi connectivity index (χ1) is 43.8. The standard InChI is InChI=1S/C33H53IN2O8Si.C23H44N2O7Si.C10H11IO2.CH3F/c1-33(2,3)44-29(38)19-16-25(23-30(39)43-21-22-45(5,6)7)31(40)36-27(32(41)42-4)12-8-9-20-35-28(37)13-10-11-24-14-17-26(34)18-15-24;1-23(2,3)32-19(26)12-11-17(16-20(27)31-14-15-33(5,6)7)21(28)25-18(22(29)30-4)10-8-9-13-24;11-9-6-4-8(5-7-9)2-1-3-10(12)13;1-2/h14-15,17-18,25,27H,8-13,16,19-23H2,1-7H3,(H,35,37)(H,36,40);17-18H,8-16,24H2,1-7H3,(H,25,28);4-7H,1-3H2,(H,12,13);1H3/t25-,27+;17-,18+;;/m11../s1/i;;;1D. The van der Waals surface area contributed by atoms with E-state index in [1.165, 1.54) is 32.5 Å².